The van der Waals surface area contributed by atoms with Crippen LogP contribution >= 0.6 is 0 Å². The van der Waals surface area contributed by atoms with Gasteiger partial charge in [0.25, 0.3) is 0 Å². The molecule has 10 heteroatoms. The van der Waals surface area contributed by atoms with E-state index in [-0.39, 0.29) is 41.5 Å². The Hall–Kier alpha value is -2.45. The van der Waals surface area contributed by atoms with E-state index in [0.29, 0.717) is 12.4 Å². The largest absolute Gasteiger partial charge is 0.494 e. The molecule has 0 amide bonds. The quantitative estimate of drug-likeness (QED) is 0.683. The van der Waals surface area contributed by atoms with Crippen LogP contribution in [0.4, 0.5) is 0 Å². The Morgan fingerprint density at radius 1 is 0.897 bits per heavy atom. The fraction of sp³-hybridized carbons (Fsp3) is 0.316. The van der Waals surface area contributed by atoms with Crippen LogP contribution in [0.1, 0.15) is 12.5 Å². The normalized spacial score (nSPS) is 16.3. The SMILES string of the molecule is CCOc1ccc(S(=O)(=O)N2CCN(S(=O)(=O)c3cccc(C#N)c3)CC2)cc1. The maximum atomic E-state index is 12.8. The summed E-state index contributed by atoms with van der Waals surface area (Å²) in [4.78, 5) is 0.165. The second-order valence-corrected chi connectivity index (χ2v) is 10.2. The van der Waals surface area contributed by atoms with Gasteiger partial charge in [0.05, 0.1) is 28.0 Å². The van der Waals surface area contributed by atoms with Crippen molar-refractivity contribution in [2.24, 2.45) is 0 Å². The number of ether oxygens (including phenoxy) is 1. The minimum Gasteiger partial charge on any atom is -0.494 e. The third-order valence-corrected chi connectivity index (χ3v) is 8.38. The number of rotatable bonds is 6. The molecule has 0 saturated carbocycles. The third kappa shape index (κ3) is 4.43. The van der Waals surface area contributed by atoms with Crippen molar-refractivity contribution in [3.63, 3.8) is 0 Å². The number of piperazine rings is 1. The van der Waals surface area contributed by atoms with E-state index in [4.69, 9.17) is 10.00 Å². The highest BCUT2D eigenvalue weighted by Gasteiger charge is 2.33. The number of hydrogen-bond donors (Lipinski definition) is 0. The Morgan fingerprint density at radius 2 is 1.45 bits per heavy atom. The summed E-state index contributed by atoms with van der Waals surface area (Å²) in [6.07, 6.45) is 0. The second kappa shape index (κ2) is 8.51. The first-order chi connectivity index (χ1) is 13.8. The van der Waals surface area contributed by atoms with Gasteiger partial charge in [0, 0.05) is 26.2 Å². The summed E-state index contributed by atoms with van der Waals surface area (Å²) in [6, 6.07) is 13.9. The average Bonchev–Trinajstić information content (AvgIpc) is 2.74. The average molecular weight is 436 g/mol. The molecule has 2 aromatic rings. The van der Waals surface area contributed by atoms with E-state index >= 15 is 0 Å². The Morgan fingerprint density at radius 3 is 1.97 bits per heavy atom. The number of benzene rings is 2. The lowest BCUT2D eigenvalue weighted by atomic mass is 10.2. The minimum absolute atomic E-state index is 0.0272. The van der Waals surface area contributed by atoms with Crippen molar-refractivity contribution < 1.29 is 21.6 Å². The molecule has 1 aliphatic rings. The zero-order valence-corrected chi connectivity index (χ0v) is 17.5. The van der Waals surface area contributed by atoms with E-state index in [1.165, 1.54) is 45.0 Å². The molecule has 0 aliphatic carbocycles. The molecule has 0 aromatic heterocycles. The molecule has 1 saturated heterocycles. The third-order valence-electron chi connectivity index (χ3n) is 4.57. The van der Waals surface area contributed by atoms with Gasteiger partial charge in [-0.1, -0.05) is 6.07 Å². The molecule has 0 unspecified atom stereocenters. The van der Waals surface area contributed by atoms with Gasteiger partial charge in [0.2, 0.25) is 20.0 Å². The van der Waals surface area contributed by atoms with Gasteiger partial charge in [-0.05, 0) is 49.4 Å². The van der Waals surface area contributed by atoms with E-state index < -0.39 is 20.0 Å². The first kappa shape index (κ1) is 21.3. The van der Waals surface area contributed by atoms with Crippen LogP contribution in [0.15, 0.2) is 58.3 Å². The van der Waals surface area contributed by atoms with Gasteiger partial charge in [0.1, 0.15) is 5.75 Å². The van der Waals surface area contributed by atoms with E-state index in [1.807, 2.05) is 13.0 Å². The number of sulfonamides is 2. The molecule has 0 bridgehead atoms. The zero-order valence-electron chi connectivity index (χ0n) is 15.9. The van der Waals surface area contributed by atoms with Crippen LogP contribution in [0, 0.1) is 11.3 Å². The predicted octanol–water partition coefficient (Wildman–Crippen LogP) is 1.65. The summed E-state index contributed by atoms with van der Waals surface area (Å²) in [5.41, 5.74) is 0.253. The molecule has 1 heterocycles. The van der Waals surface area contributed by atoms with Crippen LogP contribution in [0.25, 0.3) is 0 Å². The molecule has 1 fully saturated rings. The molecule has 2 aromatic carbocycles. The van der Waals surface area contributed by atoms with Crippen molar-refractivity contribution in [3.8, 4) is 11.8 Å². The molecule has 8 nitrogen and oxygen atoms in total. The Bertz CT molecular complexity index is 1120. The molecular weight excluding hydrogens is 414 g/mol. The predicted molar refractivity (Wildman–Crippen MR) is 106 cm³/mol. The van der Waals surface area contributed by atoms with Gasteiger partial charge in [-0.2, -0.15) is 13.9 Å². The van der Waals surface area contributed by atoms with Crippen LogP contribution < -0.4 is 4.74 Å². The molecule has 0 atom stereocenters. The molecule has 154 valence electrons. The highest BCUT2D eigenvalue weighted by molar-refractivity contribution is 7.89. The summed E-state index contributed by atoms with van der Waals surface area (Å²) in [5, 5.41) is 8.98. The Kier molecular flexibility index (Phi) is 6.24. The van der Waals surface area contributed by atoms with Gasteiger partial charge in [-0.25, -0.2) is 16.8 Å². The van der Waals surface area contributed by atoms with Gasteiger partial charge in [-0.3, -0.25) is 0 Å². The number of nitriles is 1. The smallest absolute Gasteiger partial charge is 0.243 e. The van der Waals surface area contributed by atoms with Crippen LogP contribution in [0.3, 0.4) is 0 Å². The standard InChI is InChI=1S/C19H21N3O5S2/c1-2-27-17-6-8-18(9-7-17)28(23,24)21-10-12-22(13-11-21)29(25,26)19-5-3-4-16(14-19)15-20/h3-9,14H,2,10-13H2,1H3. The summed E-state index contributed by atoms with van der Waals surface area (Å²) in [6.45, 7) is 2.50. The maximum absolute atomic E-state index is 12.8. The maximum Gasteiger partial charge on any atom is 0.243 e. The molecule has 0 spiro atoms. The highest BCUT2D eigenvalue weighted by Crippen LogP contribution is 2.23. The first-order valence-electron chi connectivity index (χ1n) is 9.02. The fourth-order valence-corrected chi connectivity index (χ4v) is 5.94. The van der Waals surface area contributed by atoms with Gasteiger partial charge in [-0.15, -0.1) is 0 Å². The Labute approximate surface area is 171 Å². The minimum atomic E-state index is -3.80. The molecule has 3 rings (SSSR count). The van der Waals surface area contributed by atoms with Crippen molar-refractivity contribution in [1.29, 1.82) is 5.26 Å². The second-order valence-electron chi connectivity index (χ2n) is 6.35. The number of nitrogens with zero attached hydrogens (tertiary/aromatic N) is 3. The van der Waals surface area contributed by atoms with E-state index in [0.717, 1.165) is 0 Å². The van der Waals surface area contributed by atoms with Crippen molar-refractivity contribution in [2.75, 3.05) is 32.8 Å². The van der Waals surface area contributed by atoms with Crippen molar-refractivity contribution in [2.45, 2.75) is 16.7 Å². The molecule has 0 N–H and O–H groups in total. The van der Waals surface area contributed by atoms with E-state index in [9.17, 15) is 16.8 Å². The first-order valence-corrected chi connectivity index (χ1v) is 11.9. The van der Waals surface area contributed by atoms with E-state index in [1.54, 1.807) is 12.1 Å². The fourth-order valence-electron chi connectivity index (χ4n) is 3.05. The summed E-state index contributed by atoms with van der Waals surface area (Å²) < 4.78 is 59.2. The monoisotopic (exact) mass is 435 g/mol. The van der Waals surface area contributed by atoms with E-state index in [2.05, 4.69) is 0 Å². The lowest BCUT2D eigenvalue weighted by Crippen LogP contribution is -2.50. The summed E-state index contributed by atoms with van der Waals surface area (Å²) in [7, 11) is -7.52. The topological polar surface area (TPSA) is 108 Å². The van der Waals surface area contributed by atoms with Crippen molar-refractivity contribution >= 4 is 20.0 Å². The molecule has 0 radical (unpaired) electrons. The van der Waals surface area contributed by atoms with Crippen LogP contribution in [0.2, 0.25) is 0 Å². The zero-order chi connectivity index (χ0) is 21.1. The van der Waals surface area contributed by atoms with Crippen LogP contribution in [-0.2, 0) is 20.0 Å². The van der Waals surface area contributed by atoms with Crippen molar-refractivity contribution in [1.82, 2.24) is 8.61 Å². The molecule has 29 heavy (non-hydrogen) atoms. The van der Waals surface area contributed by atoms with Crippen LogP contribution in [-0.4, -0.2) is 58.2 Å². The van der Waals surface area contributed by atoms with Crippen molar-refractivity contribution in [3.05, 3.63) is 54.1 Å². The summed E-state index contributed by atoms with van der Waals surface area (Å²) >= 11 is 0. The summed E-state index contributed by atoms with van der Waals surface area (Å²) in [5.74, 6) is 0.585. The van der Waals surface area contributed by atoms with Gasteiger partial charge in [0.15, 0.2) is 0 Å². The lowest BCUT2D eigenvalue weighted by Gasteiger charge is -2.33. The van der Waals surface area contributed by atoms with Gasteiger partial charge >= 0.3 is 0 Å². The number of hydrogen-bond acceptors (Lipinski definition) is 6. The molecular formula is C19H21N3O5S2. The van der Waals surface area contributed by atoms with Gasteiger partial charge < -0.3 is 4.74 Å². The van der Waals surface area contributed by atoms with Crippen LogP contribution in [0.5, 0.6) is 5.75 Å². The highest BCUT2D eigenvalue weighted by atomic mass is 32.2. The Balaban J connectivity index is 1.73. The molecule has 1 aliphatic heterocycles. The lowest BCUT2D eigenvalue weighted by molar-refractivity contribution is 0.273.